The molecular weight excluding hydrogens is 278 g/mol. The fourth-order valence-corrected chi connectivity index (χ4v) is 4.27. The molecule has 4 heteroatoms. The highest BCUT2D eigenvalue weighted by Gasteiger charge is 2.33. The molecule has 2 aromatic carbocycles. The van der Waals surface area contributed by atoms with Crippen LogP contribution in [-0.2, 0) is 0 Å². The first kappa shape index (κ1) is 11.6. The van der Waals surface area contributed by atoms with E-state index in [1.165, 1.54) is 15.5 Å². The molecule has 0 spiro atoms. The summed E-state index contributed by atoms with van der Waals surface area (Å²) in [5.74, 6) is 0. The molecule has 1 unspecified atom stereocenters. The number of rotatable bonds is 0. The maximum Gasteiger partial charge on any atom is 0.0842 e. The molecule has 0 aliphatic carbocycles. The zero-order valence-corrected chi connectivity index (χ0v) is 11.7. The zero-order chi connectivity index (χ0) is 13.0. The number of fused-ring (bicyclic) bond motifs is 2. The molecule has 1 atom stereocenters. The van der Waals surface area contributed by atoms with Crippen LogP contribution in [0.15, 0.2) is 46.2 Å². The van der Waals surface area contributed by atoms with Gasteiger partial charge in [-0.1, -0.05) is 35.5 Å². The first-order valence-corrected chi connectivity index (χ1v) is 7.50. The quantitative estimate of drug-likeness (QED) is 0.778. The molecule has 0 saturated carbocycles. The van der Waals surface area contributed by atoms with E-state index in [4.69, 9.17) is 11.6 Å². The monoisotopic (exact) mass is 289 g/mol. The van der Waals surface area contributed by atoms with Gasteiger partial charge in [-0.05, 0) is 30.7 Å². The summed E-state index contributed by atoms with van der Waals surface area (Å²) in [6, 6.07) is 12.3. The van der Waals surface area contributed by atoms with Crippen LogP contribution in [0.1, 0.15) is 18.1 Å². The van der Waals surface area contributed by atoms with Crippen molar-refractivity contribution in [2.24, 2.45) is 0 Å². The fraction of sp³-hybridized carbons (Fsp3) is 0.200. The first-order valence-electron chi connectivity index (χ1n) is 6.30. The van der Waals surface area contributed by atoms with Crippen molar-refractivity contribution in [3.05, 3.63) is 47.0 Å². The van der Waals surface area contributed by atoms with E-state index in [1.54, 1.807) is 11.8 Å². The van der Waals surface area contributed by atoms with Crippen molar-refractivity contribution >= 4 is 34.7 Å². The Hall–Kier alpha value is -1.16. The van der Waals surface area contributed by atoms with E-state index in [1.807, 2.05) is 12.1 Å². The third-order valence-electron chi connectivity index (χ3n) is 3.73. The molecule has 0 aromatic heterocycles. The highest BCUT2D eigenvalue weighted by molar-refractivity contribution is 7.99. The number of para-hydroxylation sites is 1. The van der Waals surface area contributed by atoms with Crippen LogP contribution >= 0.6 is 23.4 Å². The SMILES string of the molecule is OC1CCN2c3ccccc3Sc3ccc(Cl)c1c32. The van der Waals surface area contributed by atoms with Crippen LogP contribution in [-0.4, -0.2) is 11.7 Å². The lowest BCUT2D eigenvalue weighted by molar-refractivity contribution is 0.165. The molecule has 96 valence electrons. The van der Waals surface area contributed by atoms with Crippen LogP contribution in [0.3, 0.4) is 0 Å². The van der Waals surface area contributed by atoms with Gasteiger partial charge in [0.05, 0.1) is 17.5 Å². The minimum absolute atomic E-state index is 0.454. The van der Waals surface area contributed by atoms with Crippen LogP contribution in [0, 0.1) is 0 Å². The van der Waals surface area contributed by atoms with E-state index in [2.05, 4.69) is 29.2 Å². The summed E-state index contributed by atoms with van der Waals surface area (Å²) in [5, 5.41) is 10.9. The van der Waals surface area contributed by atoms with Crippen LogP contribution in [0.5, 0.6) is 0 Å². The topological polar surface area (TPSA) is 23.5 Å². The number of benzene rings is 2. The summed E-state index contributed by atoms with van der Waals surface area (Å²) in [6.07, 6.45) is 0.263. The predicted octanol–water partition coefficient (Wildman–Crippen LogP) is 4.38. The molecule has 0 saturated heterocycles. The summed E-state index contributed by atoms with van der Waals surface area (Å²) < 4.78 is 0. The second kappa shape index (κ2) is 4.17. The number of aliphatic hydroxyl groups is 1. The Bertz CT molecular complexity index is 673. The van der Waals surface area contributed by atoms with Crippen molar-refractivity contribution < 1.29 is 5.11 Å². The van der Waals surface area contributed by atoms with Gasteiger partial charge in [0.15, 0.2) is 0 Å². The maximum absolute atomic E-state index is 10.2. The van der Waals surface area contributed by atoms with Crippen molar-refractivity contribution in [1.82, 2.24) is 0 Å². The molecule has 0 bridgehead atoms. The van der Waals surface area contributed by atoms with Crippen molar-refractivity contribution in [3.63, 3.8) is 0 Å². The summed E-state index contributed by atoms with van der Waals surface area (Å²) in [7, 11) is 0. The Morgan fingerprint density at radius 2 is 2.00 bits per heavy atom. The van der Waals surface area contributed by atoms with Gasteiger partial charge in [0.2, 0.25) is 0 Å². The van der Waals surface area contributed by atoms with E-state index in [0.29, 0.717) is 5.02 Å². The molecule has 1 N–H and O–H groups in total. The molecular formula is C15H12ClNOS. The molecule has 2 aromatic rings. The van der Waals surface area contributed by atoms with E-state index in [9.17, 15) is 5.11 Å². The predicted molar refractivity (Wildman–Crippen MR) is 78.6 cm³/mol. The van der Waals surface area contributed by atoms with E-state index in [-0.39, 0.29) is 0 Å². The maximum atomic E-state index is 10.2. The standard InChI is InChI=1S/C15H12ClNOS/c16-9-5-6-13-15-14(9)11(18)7-8-17(15)10-3-1-2-4-12(10)19-13/h1-6,11,18H,7-8H2. The van der Waals surface area contributed by atoms with Crippen molar-refractivity contribution in [3.8, 4) is 0 Å². The van der Waals surface area contributed by atoms with Gasteiger partial charge < -0.3 is 10.0 Å². The Morgan fingerprint density at radius 3 is 2.89 bits per heavy atom. The number of halogens is 1. The first-order chi connectivity index (χ1) is 9.25. The lowest BCUT2D eigenvalue weighted by Crippen LogP contribution is -2.29. The molecule has 0 amide bonds. The number of anilines is 2. The van der Waals surface area contributed by atoms with Crippen molar-refractivity contribution in [2.45, 2.75) is 22.3 Å². The third kappa shape index (κ3) is 1.62. The highest BCUT2D eigenvalue weighted by Crippen LogP contribution is 2.54. The smallest absolute Gasteiger partial charge is 0.0842 e. The fourth-order valence-electron chi connectivity index (χ4n) is 2.87. The van der Waals surface area contributed by atoms with Gasteiger partial charge in [0.1, 0.15) is 0 Å². The summed E-state index contributed by atoms with van der Waals surface area (Å²) in [4.78, 5) is 4.73. The average Bonchev–Trinajstić information content (AvgIpc) is 2.43. The van der Waals surface area contributed by atoms with Gasteiger partial charge in [-0.25, -0.2) is 0 Å². The van der Waals surface area contributed by atoms with Crippen molar-refractivity contribution in [2.75, 3.05) is 11.4 Å². The molecule has 0 fully saturated rings. The van der Waals surface area contributed by atoms with Crippen molar-refractivity contribution in [1.29, 1.82) is 0 Å². The Labute approximate surface area is 121 Å². The number of aliphatic hydroxyl groups excluding tert-OH is 1. The number of hydrogen-bond acceptors (Lipinski definition) is 3. The summed E-state index contributed by atoms with van der Waals surface area (Å²) in [5.41, 5.74) is 3.19. The zero-order valence-electron chi connectivity index (χ0n) is 10.1. The Balaban J connectivity index is 2.00. The highest BCUT2D eigenvalue weighted by atomic mass is 35.5. The number of nitrogens with zero attached hydrogens (tertiary/aromatic N) is 1. The minimum Gasteiger partial charge on any atom is -0.388 e. The van der Waals surface area contributed by atoms with Crippen LogP contribution < -0.4 is 4.90 Å². The molecule has 2 aliphatic rings. The van der Waals surface area contributed by atoms with E-state index < -0.39 is 6.10 Å². The Kier molecular flexibility index (Phi) is 2.56. The lowest BCUT2D eigenvalue weighted by Gasteiger charge is -2.39. The van der Waals surface area contributed by atoms with E-state index in [0.717, 1.165) is 24.2 Å². The summed E-state index contributed by atoms with van der Waals surface area (Å²) in [6.45, 7) is 0.832. The van der Waals surface area contributed by atoms with Crippen LogP contribution in [0.4, 0.5) is 11.4 Å². The average molecular weight is 290 g/mol. The van der Waals surface area contributed by atoms with Gasteiger partial charge in [-0.2, -0.15) is 0 Å². The molecule has 0 radical (unpaired) electrons. The molecule has 4 rings (SSSR count). The number of hydrogen-bond donors (Lipinski definition) is 1. The lowest BCUT2D eigenvalue weighted by atomic mass is 9.97. The third-order valence-corrected chi connectivity index (χ3v) is 5.18. The second-order valence-electron chi connectivity index (χ2n) is 4.83. The second-order valence-corrected chi connectivity index (χ2v) is 6.32. The molecule has 19 heavy (non-hydrogen) atoms. The van der Waals surface area contributed by atoms with Gasteiger partial charge >= 0.3 is 0 Å². The molecule has 2 heterocycles. The molecule has 2 nitrogen and oxygen atoms in total. The van der Waals surface area contributed by atoms with Crippen LogP contribution in [0.2, 0.25) is 5.02 Å². The van der Waals surface area contributed by atoms with E-state index >= 15 is 0 Å². The van der Waals surface area contributed by atoms with Gasteiger partial charge in [0, 0.05) is 26.9 Å². The summed E-state index contributed by atoms with van der Waals surface area (Å²) >= 11 is 8.04. The Morgan fingerprint density at radius 1 is 1.16 bits per heavy atom. The van der Waals surface area contributed by atoms with Gasteiger partial charge in [-0.3, -0.25) is 0 Å². The van der Waals surface area contributed by atoms with Gasteiger partial charge in [-0.15, -0.1) is 0 Å². The molecule has 2 aliphatic heterocycles. The van der Waals surface area contributed by atoms with Gasteiger partial charge in [0.25, 0.3) is 0 Å². The normalized spacial score (nSPS) is 19.9. The van der Waals surface area contributed by atoms with Crippen LogP contribution in [0.25, 0.3) is 0 Å². The minimum atomic E-state index is -0.454. The largest absolute Gasteiger partial charge is 0.388 e.